The highest BCUT2D eigenvalue weighted by Gasteiger charge is 2.24. The predicted molar refractivity (Wildman–Crippen MR) is 88.8 cm³/mol. The molecule has 2 N–H and O–H groups in total. The lowest BCUT2D eigenvalue weighted by Gasteiger charge is -2.22. The summed E-state index contributed by atoms with van der Waals surface area (Å²) < 4.78 is 16.3. The third-order valence-corrected chi connectivity index (χ3v) is 3.67. The number of nitrogens with one attached hydrogen (secondary N) is 2. The average molecular weight is 336 g/mol. The first-order valence-corrected chi connectivity index (χ1v) is 7.96. The van der Waals surface area contributed by atoms with Gasteiger partial charge in [0.15, 0.2) is 11.5 Å². The van der Waals surface area contributed by atoms with Gasteiger partial charge in [-0.25, -0.2) is 0 Å². The summed E-state index contributed by atoms with van der Waals surface area (Å²) in [4.78, 5) is 24.5. The van der Waals surface area contributed by atoms with Crippen molar-refractivity contribution in [2.45, 2.75) is 26.3 Å². The maximum Gasteiger partial charge on any atom is 0.252 e. The van der Waals surface area contributed by atoms with Crippen molar-refractivity contribution in [3.63, 3.8) is 0 Å². The Labute approximate surface area is 141 Å². The van der Waals surface area contributed by atoms with E-state index in [4.69, 9.17) is 14.2 Å². The maximum absolute atomic E-state index is 12.6. The van der Waals surface area contributed by atoms with Gasteiger partial charge in [0.05, 0.1) is 7.11 Å². The van der Waals surface area contributed by atoms with Gasteiger partial charge >= 0.3 is 0 Å². The second-order valence-corrected chi connectivity index (χ2v) is 5.97. The van der Waals surface area contributed by atoms with E-state index in [1.165, 1.54) is 7.11 Å². The molecule has 1 aromatic carbocycles. The number of rotatable bonds is 6. The number of methoxy groups -OCH3 is 1. The van der Waals surface area contributed by atoms with Gasteiger partial charge in [0.25, 0.3) is 5.91 Å². The maximum atomic E-state index is 12.6. The SMILES string of the molecule is CNC(=O)[C@@H](CC(C)C)NC(=O)c1cc(OC)c2c(c1)OCCO2. The van der Waals surface area contributed by atoms with Crippen LogP contribution >= 0.6 is 0 Å². The molecule has 0 unspecified atom stereocenters. The summed E-state index contributed by atoms with van der Waals surface area (Å²) in [5, 5.41) is 5.35. The number of hydrogen-bond acceptors (Lipinski definition) is 5. The van der Waals surface area contributed by atoms with Crippen LogP contribution in [0.4, 0.5) is 0 Å². The van der Waals surface area contributed by atoms with Crippen LogP contribution in [0.3, 0.4) is 0 Å². The van der Waals surface area contributed by atoms with E-state index in [1.807, 2.05) is 13.8 Å². The molecule has 1 aromatic rings. The molecule has 2 rings (SSSR count). The molecule has 7 nitrogen and oxygen atoms in total. The zero-order valence-electron chi connectivity index (χ0n) is 14.5. The lowest BCUT2D eigenvalue weighted by molar-refractivity contribution is -0.122. The first-order valence-electron chi connectivity index (χ1n) is 7.96. The molecule has 0 bridgehead atoms. The molecular weight excluding hydrogens is 312 g/mol. The number of carbonyl (C=O) groups is 2. The van der Waals surface area contributed by atoms with Gasteiger partial charge in [-0.05, 0) is 24.5 Å². The highest BCUT2D eigenvalue weighted by molar-refractivity contribution is 5.98. The fraction of sp³-hybridized carbons (Fsp3) is 0.529. The molecule has 2 amide bonds. The monoisotopic (exact) mass is 336 g/mol. The minimum absolute atomic E-state index is 0.221. The van der Waals surface area contributed by atoms with E-state index in [0.29, 0.717) is 42.4 Å². The fourth-order valence-electron chi connectivity index (χ4n) is 2.52. The molecule has 132 valence electrons. The van der Waals surface area contributed by atoms with E-state index >= 15 is 0 Å². The Morgan fingerprint density at radius 1 is 1.25 bits per heavy atom. The van der Waals surface area contributed by atoms with E-state index in [9.17, 15) is 9.59 Å². The van der Waals surface area contributed by atoms with Crippen LogP contribution in [-0.4, -0.2) is 45.2 Å². The van der Waals surface area contributed by atoms with Gasteiger partial charge in [-0.3, -0.25) is 9.59 Å². The summed E-state index contributed by atoms with van der Waals surface area (Å²) >= 11 is 0. The van der Waals surface area contributed by atoms with E-state index in [-0.39, 0.29) is 17.7 Å². The van der Waals surface area contributed by atoms with Gasteiger partial charge in [0, 0.05) is 12.6 Å². The van der Waals surface area contributed by atoms with Crippen molar-refractivity contribution in [1.29, 1.82) is 0 Å². The molecule has 1 heterocycles. The molecule has 1 aliphatic heterocycles. The molecule has 0 saturated carbocycles. The number of carbonyl (C=O) groups excluding carboxylic acids is 2. The lowest BCUT2D eigenvalue weighted by atomic mass is 10.0. The van der Waals surface area contributed by atoms with Gasteiger partial charge in [-0.2, -0.15) is 0 Å². The van der Waals surface area contributed by atoms with Crippen molar-refractivity contribution in [1.82, 2.24) is 10.6 Å². The highest BCUT2D eigenvalue weighted by atomic mass is 16.6. The summed E-state index contributed by atoms with van der Waals surface area (Å²) in [6, 6.07) is 2.59. The first-order chi connectivity index (χ1) is 11.5. The third-order valence-electron chi connectivity index (χ3n) is 3.67. The Morgan fingerprint density at radius 3 is 2.58 bits per heavy atom. The zero-order chi connectivity index (χ0) is 17.7. The van der Waals surface area contributed by atoms with Crippen LogP contribution in [0.2, 0.25) is 0 Å². The van der Waals surface area contributed by atoms with Crippen LogP contribution in [0.15, 0.2) is 12.1 Å². The van der Waals surface area contributed by atoms with Crippen molar-refractivity contribution in [2.24, 2.45) is 5.92 Å². The highest BCUT2D eigenvalue weighted by Crippen LogP contribution is 2.40. The summed E-state index contributed by atoms with van der Waals surface area (Å²) in [7, 11) is 3.05. The molecule has 1 atom stereocenters. The van der Waals surface area contributed by atoms with Gasteiger partial charge in [0.2, 0.25) is 11.7 Å². The van der Waals surface area contributed by atoms with Gasteiger partial charge in [-0.1, -0.05) is 13.8 Å². The third kappa shape index (κ3) is 4.10. The second kappa shape index (κ2) is 7.90. The lowest BCUT2D eigenvalue weighted by Crippen LogP contribution is -2.46. The largest absolute Gasteiger partial charge is 0.493 e. The van der Waals surface area contributed by atoms with Crippen molar-refractivity contribution in [2.75, 3.05) is 27.4 Å². The molecule has 7 heteroatoms. The van der Waals surface area contributed by atoms with Crippen molar-refractivity contribution in [3.8, 4) is 17.2 Å². The molecule has 0 spiro atoms. The summed E-state index contributed by atoms with van der Waals surface area (Å²) in [6.45, 7) is 4.84. The quantitative estimate of drug-likeness (QED) is 0.819. The molecule has 0 fully saturated rings. The van der Waals surface area contributed by atoms with Crippen LogP contribution < -0.4 is 24.8 Å². The van der Waals surface area contributed by atoms with Gasteiger partial charge in [0.1, 0.15) is 19.3 Å². The molecule has 1 aliphatic rings. The summed E-state index contributed by atoms with van der Waals surface area (Å²) in [5.74, 6) is 1.07. The Balaban J connectivity index is 2.23. The zero-order valence-corrected chi connectivity index (χ0v) is 14.5. The Kier molecular flexibility index (Phi) is 5.89. The van der Waals surface area contributed by atoms with Crippen molar-refractivity contribution in [3.05, 3.63) is 17.7 Å². The Morgan fingerprint density at radius 2 is 1.96 bits per heavy atom. The molecule has 24 heavy (non-hydrogen) atoms. The molecule has 0 saturated heterocycles. The van der Waals surface area contributed by atoms with E-state index in [2.05, 4.69) is 10.6 Å². The number of amides is 2. The van der Waals surface area contributed by atoms with E-state index in [0.717, 1.165) is 0 Å². The minimum atomic E-state index is -0.596. The second-order valence-electron chi connectivity index (χ2n) is 5.97. The fourth-order valence-corrected chi connectivity index (χ4v) is 2.52. The van der Waals surface area contributed by atoms with Crippen LogP contribution in [0.25, 0.3) is 0 Å². The molecular formula is C17H24N2O5. The number of ether oxygens (including phenoxy) is 3. The average Bonchev–Trinajstić information content (AvgIpc) is 2.58. The first kappa shape index (κ1) is 17.9. The van der Waals surface area contributed by atoms with Crippen LogP contribution in [0.1, 0.15) is 30.6 Å². The Bertz CT molecular complexity index is 598. The number of fused-ring (bicyclic) bond motifs is 1. The standard InChI is InChI=1S/C17H24N2O5/c1-10(2)7-12(17(21)18-3)19-16(20)11-8-13(22-4)15-14(9-11)23-5-6-24-15/h8-10,12H,5-7H2,1-4H3,(H,18,21)(H,19,20)/t12-/m1/s1. The topological polar surface area (TPSA) is 85.9 Å². The van der Waals surface area contributed by atoms with Crippen molar-refractivity contribution >= 4 is 11.8 Å². The summed E-state index contributed by atoms with van der Waals surface area (Å²) in [5.41, 5.74) is 0.355. The number of hydrogen-bond donors (Lipinski definition) is 2. The smallest absolute Gasteiger partial charge is 0.252 e. The van der Waals surface area contributed by atoms with Crippen LogP contribution in [0.5, 0.6) is 17.2 Å². The normalized spacial score (nSPS) is 14.0. The van der Waals surface area contributed by atoms with Gasteiger partial charge in [-0.15, -0.1) is 0 Å². The molecule has 0 aliphatic carbocycles. The predicted octanol–water partition coefficient (Wildman–Crippen LogP) is 1.36. The van der Waals surface area contributed by atoms with Crippen LogP contribution in [-0.2, 0) is 4.79 Å². The minimum Gasteiger partial charge on any atom is -0.493 e. The van der Waals surface area contributed by atoms with Crippen LogP contribution in [0, 0.1) is 5.92 Å². The number of benzene rings is 1. The molecule has 0 aromatic heterocycles. The Hall–Kier alpha value is -2.44. The summed E-state index contributed by atoms with van der Waals surface area (Å²) in [6.07, 6.45) is 0.549. The molecule has 0 radical (unpaired) electrons. The van der Waals surface area contributed by atoms with E-state index < -0.39 is 6.04 Å². The van der Waals surface area contributed by atoms with E-state index in [1.54, 1.807) is 19.2 Å². The van der Waals surface area contributed by atoms with Crippen molar-refractivity contribution < 1.29 is 23.8 Å². The van der Waals surface area contributed by atoms with Gasteiger partial charge < -0.3 is 24.8 Å². The number of likely N-dealkylation sites (N-methyl/N-ethyl adjacent to an activating group) is 1.